The van der Waals surface area contributed by atoms with Gasteiger partial charge in [-0.1, -0.05) is 36.4 Å². The molecule has 0 unspecified atom stereocenters. The van der Waals surface area contributed by atoms with Crippen LogP contribution in [-0.4, -0.2) is 27.8 Å². The van der Waals surface area contributed by atoms with E-state index in [0.717, 1.165) is 34.9 Å². The molecule has 1 aliphatic rings. The maximum atomic E-state index is 12.1. The number of nitrogens with one attached hydrogen (secondary N) is 2. The lowest BCUT2D eigenvalue weighted by molar-refractivity contribution is 0.0911. The Morgan fingerprint density at radius 3 is 2.79 bits per heavy atom. The van der Waals surface area contributed by atoms with E-state index in [1.54, 1.807) is 6.07 Å². The van der Waals surface area contributed by atoms with Crippen LogP contribution < -0.4 is 5.32 Å². The molecule has 0 saturated heterocycles. The molecule has 1 heterocycles. The average Bonchev–Trinajstić information content (AvgIpc) is 3.35. The minimum atomic E-state index is -0.750. The van der Waals surface area contributed by atoms with Gasteiger partial charge < -0.3 is 10.4 Å². The third kappa shape index (κ3) is 3.03. The number of hydrogen-bond acceptors (Lipinski definition) is 3. The zero-order valence-corrected chi connectivity index (χ0v) is 13.2. The van der Waals surface area contributed by atoms with Crippen LogP contribution in [0.25, 0.3) is 10.8 Å². The number of aliphatic hydroxyl groups excluding tert-OH is 1. The molecule has 4 rings (SSSR count). The van der Waals surface area contributed by atoms with Gasteiger partial charge in [0.1, 0.15) is 5.69 Å². The number of H-pyrrole nitrogens is 1. The summed E-state index contributed by atoms with van der Waals surface area (Å²) in [5, 5.41) is 22.2. The zero-order valence-electron chi connectivity index (χ0n) is 13.2. The highest BCUT2D eigenvalue weighted by molar-refractivity contribution is 5.92. The minimum absolute atomic E-state index is 0.156. The van der Waals surface area contributed by atoms with Crippen molar-refractivity contribution >= 4 is 16.7 Å². The Morgan fingerprint density at radius 1 is 1.21 bits per heavy atom. The number of rotatable bonds is 5. The van der Waals surface area contributed by atoms with Crippen molar-refractivity contribution in [2.45, 2.75) is 24.9 Å². The Morgan fingerprint density at radius 2 is 2.00 bits per heavy atom. The van der Waals surface area contributed by atoms with Crippen LogP contribution in [0.4, 0.5) is 0 Å². The fourth-order valence-electron chi connectivity index (χ4n) is 2.87. The predicted molar refractivity (Wildman–Crippen MR) is 91.8 cm³/mol. The van der Waals surface area contributed by atoms with Gasteiger partial charge in [0, 0.05) is 18.2 Å². The third-order valence-corrected chi connectivity index (χ3v) is 4.46. The second-order valence-electron chi connectivity index (χ2n) is 6.32. The number of amides is 1. The van der Waals surface area contributed by atoms with Crippen molar-refractivity contribution in [2.24, 2.45) is 0 Å². The summed E-state index contributed by atoms with van der Waals surface area (Å²) in [4.78, 5) is 12.1. The molecule has 1 atom stereocenters. The summed E-state index contributed by atoms with van der Waals surface area (Å²) in [5.41, 5.74) is 2.19. The maximum Gasteiger partial charge on any atom is 0.271 e. The van der Waals surface area contributed by atoms with E-state index in [2.05, 4.69) is 15.5 Å². The van der Waals surface area contributed by atoms with Crippen LogP contribution in [-0.2, 0) is 0 Å². The minimum Gasteiger partial charge on any atom is -0.387 e. The van der Waals surface area contributed by atoms with Gasteiger partial charge in [0.15, 0.2) is 0 Å². The Bertz CT molecular complexity index is 883. The normalized spacial score (nSPS) is 15.4. The SMILES string of the molecule is O=C(NC[C@H](O)c1ccc2ccccc2c1)c1cc(C2CC2)[nH]n1. The summed E-state index contributed by atoms with van der Waals surface area (Å²) >= 11 is 0. The largest absolute Gasteiger partial charge is 0.387 e. The number of aromatic nitrogens is 2. The number of aromatic amines is 1. The standard InChI is InChI=1S/C19H19N3O2/c23-18(15-8-5-12-3-1-2-4-14(12)9-15)11-20-19(24)17-10-16(21-22-17)13-6-7-13/h1-5,8-10,13,18,23H,6-7,11H2,(H,20,24)(H,21,22)/t18-/m0/s1. The van der Waals surface area contributed by atoms with Gasteiger partial charge in [-0.2, -0.15) is 5.10 Å². The molecule has 0 aliphatic heterocycles. The van der Waals surface area contributed by atoms with E-state index in [1.165, 1.54) is 0 Å². The first-order valence-corrected chi connectivity index (χ1v) is 8.21. The van der Waals surface area contributed by atoms with Crippen LogP contribution in [0.1, 0.15) is 46.6 Å². The Labute approximate surface area is 139 Å². The summed E-state index contributed by atoms with van der Waals surface area (Å²) in [6, 6.07) is 15.6. The maximum absolute atomic E-state index is 12.1. The number of aliphatic hydroxyl groups is 1. The first-order chi connectivity index (χ1) is 11.7. The molecule has 3 aromatic rings. The molecule has 1 amide bonds. The summed E-state index contributed by atoms with van der Waals surface area (Å²) in [5.74, 6) is 0.264. The second-order valence-corrected chi connectivity index (χ2v) is 6.32. The van der Waals surface area contributed by atoms with Crippen molar-refractivity contribution in [1.29, 1.82) is 0 Å². The van der Waals surface area contributed by atoms with Gasteiger partial charge >= 0.3 is 0 Å². The van der Waals surface area contributed by atoms with Crippen LogP contribution in [0.5, 0.6) is 0 Å². The molecule has 0 radical (unpaired) electrons. The summed E-state index contributed by atoms with van der Waals surface area (Å²) in [6.07, 6.45) is 1.56. The molecular weight excluding hydrogens is 302 g/mol. The van der Waals surface area contributed by atoms with Crippen molar-refractivity contribution in [2.75, 3.05) is 6.54 Å². The fourth-order valence-corrected chi connectivity index (χ4v) is 2.87. The zero-order chi connectivity index (χ0) is 16.5. The molecule has 1 saturated carbocycles. The highest BCUT2D eigenvalue weighted by atomic mass is 16.3. The monoisotopic (exact) mass is 321 g/mol. The first kappa shape index (κ1) is 14.9. The molecule has 5 nitrogen and oxygen atoms in total. The molecule has 2 aromatic carbocycles. The molecule has 122 valence electrons. The van der Waals surface area contributed by atoms with Crippen molar-refractivity contribution in [3.05, 3.63) is 65.5 Å². The molecule has 1 aliphatic carbocycles. The van der Waals surface area contributed by atoms with E-state index in [9.17, 15) is 9.90 Å². The quantitative estimate of drug-likeness (QED) is 0.676. The van der Waals surface area contributed by atoms with Crippen LogP contribution in [0, 0.1) is 0 Å². The molecule has 3 N–H and O–H groups in total. The predicted octanol–water partition coefficient (Wildman–Crippen LogP) is 2.90. The van der Waals surface area contributed by atoms with E-state index >= 15 is 0 Å². The lowest BCUT2D eigenvalue weighted by Gasteiger charge is -2.12. The van der Waals surface area contributed by atoms with Gasteiger partial charge in [-0.15, -0.1) is 0 Å². The number of fused-ring (bicyclic) bond motifs is 1. The molecule has 0 bridgehead atoms. The highest BCUT2D eigenvalue weighted by Crippen LogP contribution is 2.38. The van der Waals surface area contributed by atoms with Gasteiger partial charge in [0.25, 0.3) is 5.91 Å². The first-order valence-electron chi connectivity index (χ1n) is 8.21. The van der Waals surface area contributed by atoms with Gasteiger partial charge in [0.2, 0.25) is 0 Å². The number of carbonyl (C=O) groups is 1. The van der Waals surface area contributed by atoms with Crippen LogP contribution in [0.15, 0.2) is 48.5 Å². The van der Waals surface area contributed by atoms with E-state index in [0.29, 0.717) is 11.6 Å². The third-order valence-electron chi connectivity index (χ3n) is 4.46. The van der Waals surface area contributed by atoms with Crippen molar-refractivity contribution < 1.29 is 9.90 Å². The smallest absolute Gasteiger partial charge is 0.271 e. The number of carbonyl (C=O) groups excluding carboxylic acids is 1. The van der Waals surface area contributed by atoms with E-state index < -0.39 is 6.10 Å². The Hall–Kier alpha value is -2.66. The van der Waals surface area contributed by atoms with Crippen LogP contribution in [0.2, 0.25) is 0 Å². The lowest BCUT2D eigenvalue weighted by atomic mass is 10.0. The molecule has 1 fully saturated rings. The van der Waals surface area contributed by atoms with Gasteiger partial charge in [-0.3, -0.25) is 9.89 Å². The highest BCUT2D eigenvalue weighted by Gasteiger charge is 2.26. The summed E-state index contributed by atoms with van der Waals surface area (Å²) in [6.45, 7) is 0.156. The fraction of sp³-hybridized carbons (Fsp3) is 0.263. The number of nitrogens with zero attached hydrogens (tertiary/aromatic N) is 1. The van der Waals surface area contributed by atoms with E-state index in [-0.39, 0.29) is 12.5 Å². The molecule has 1 aromatic heterocycles. The van der Waals surface area contributed by atoms with Gasteiger partial charge in [0.05, 0.1) is 6.10 Å². The summed E-state index contributed by atoms with van der Waals surface area (Å²) < 4.78 is 0. The Balaban J connectivity index is 1.40. The van der Waals surface area contributed by atoms with Crippen molar-refractivity contribution in [1.82, 2.24) is 15.5 Å². The lowest BCUT2D eigenvalue weighted by Crippen LogP contribution is -2.28. The topological polar surface area (TPSA) is 78.0 Å². The van der Waals surface area contributed by atoms with Crippen molar-refractivity contribution in [3.63, 3.8) is 0 Å². The molecule has 24 heavy (non-hydrogen) atoms. The van der Waals surface area contributed by atoms with Gasteiger partial charge in [-0.25, -0.2) is 0 Å². The van der Waals surface area contributed by atoms with Crippen molar-refractivity contribution in [3.8, 4) is 0 Å². The molecule has 0 spiro atoms. The summed E-state index contributed by atoms with van der Waals surface area (Å²) in [7, 11) is 0. The van der Waals surface area contributed by atoms with E-state index in [4.69, 9.17) is 0 Å². The average molecular weight is 321 g/mol. The molecule has 5 heteroatoms. The molecular formula is C19H19N3O2. The number of hydrogen-bond donors (Lipinski definition) is 3. The number of benzene rings is 2. The van der Waals surface area contributed by atoms with Crippen LogP contribution in [0.3, 0.4) is 0 Å². The van der Waals surface area contributed by atoms with Gasteiger partial charge in [-0.05, 0) is 41.3 Å². The van der Waals surface area contributed by atoms with Crippen LogP contribution >= 0.6 is 0 Å². The second kappa shape index (κ2) is 6.09. The van der Waals surface area contributed by atoms with E-state index in [1.807, 2.05) is 42.5 Å². The Kier molecular flexibility index (Phi) is 3.78.